The average molecular weight is 445 g/mol. The normalized spacial score (nSPS) is 19.3. The molecule has 0 spiro atoms. The number of oxime groups is 1. The number of nitrogens with zero attached hydrogens (tertiary/aromatic N) is 3. The molecule has 0 saturated carbocycles. The molecule has 2 atom stereocenters. The van der Waals surface area contributed by atoms with Gasteiger partial charge in [0.2, 0.25) is 0 Å². The largest absolute Gasteiger partial charge is 1.00 e. The van der Waals surface area contributed by atoms with Crippen LogP contribution in [0.2, 0.25) is 0 Å². The number of thiazole rings is 1. The Hall–Kier alpha value is -1.78. The molecule has 1 aromatic heterocycles. The minimum absolute atomic E-state index is 0. The second-order valence-electron chi connectivity index (χ2n) is 4.95. The van der Waals surface area contributed by atoms with Crippen molar-refractivity contribution in [2.75, 3.05) is 19.5 Å². The summed E-state index contributed by atoms with van der Waals surface area (Å²) >= 11 is 1.02. The molecule has 1 aliphatic heterocycles. The summed E-state index contributed by atoms with van der Waals surface area (Å²) in [5.41, 5.74) is 5.19. The first-order chi connectivity index (χ1) is 12.6. The molecule has 28 heavy (non-hydrogen) atoms. The van der Waals surface area contributed by atoms with E-state index in [2.05, 4.69) is 25.0 Å². The summed E-state index contributed by atoms with van der Waals surface area (Å²) in [7, 11) is -3.86. The number of rotatable bonds is 7. The second kappa shape index (κ2) is 9.62. The Bertz CT molecular complexity index is 908. The fraction of sp³-hybridized carbons (Fsp3) is 0.417. The second-order valence-corrected chi connectivity index (χ2v) is 7.13. The third-order valence-corrected chi connectivity index (χ3v) is 4.86. The van der Waals surface area contributed by atoms with Crippen molar-refractivity contribution in [3.63, 3.8) is 0 Å². The van der Waals surface area contributed by atoms with Crippen LogP contribution in [-0.4, -0.2) is 71.6 Å². The van der Waals surface area contributed by atoms with Crippen LogP contribution in [0.5, 0.6) is 0 Å². The monoisotopic (exact) mass is 445 g/mol. The number of esters is 1. The molecule has 0 aromatic carbocycles. The number of ether oxygens (including phenoxy) is 1. The number of carbonyl (C=O) groups is 3. The molecule has 0 aliphatic carbocycles. The van der Waals surface area contributed by atoms with Gasteiger partial charge in [-0.1, -0.05) is 5.16 Å². The summed E-state index contributed by atoms with van der Waals surface area (Å²) in [4.78, 5) is 44.9. The van der Waals surface area contributed by atoms with E-state index in [1.165, 1.54) is 19.4 Å². The molecule has 1 saturated heterocycles. The summed E-state index contributed by atoms with van der Waals surface area (Å²) in [5, 5.41) is 7.21. The van der Waals surface area contributed by atoms with Gasteiger partial charge in [0.15, 0.2) is 16.9 Å². The molecule has 2 unspecified atom stereocenters. The third-order valence-electron chi connectivity index (χ3n) is 3.28. The van der Waals surface area contributed by atoms with E-state index in [-0.39, 0.29) is 58.4 Å². The zero-order valence-electron chi connectivity index (χ0n) is 16.0. The number of nitrogen functional groups attached to an aromatic ring is 1. The zero-order valence-corrected chi connectivity index (χ0v) is 18.6. The van der Waals surface area contributed by atoms with Crippen molar-refractivity contribution in [2.24, 2.45) is 5.16 Å². The van der Waals surface area contributed by atoms with E-state index in [1.807, 2.05) is 0 Å². The number of β-lactam (4-membered cyclic amide) rings is 1. The Morgan fingerprint density at radius 1 is 1.54 bits per heavy atom. The first-order valence-electron chi connectivity index (χ1n) is 7.22. The molecular formula is C12H16N5NaO8S2. The van der Waals surface area contributed by atoms with E-state index in [4.69, 9.17) is 10.3 Å². The van der Waals surface area contributed by atoms with E-state index in [0.717, 1.165) is 11.3 Å². The van der Waals surface area contributed by atoms with Crippen LogP contribution in [0.1, 0.15) is 14.0 Å². The average Bonchev–Trinajstić information content (AvgIpc) is 2.99. The van der Waals surface area contributed by atoms with Gasteiger partial charge >= 0.3 is 45.8 Å². The van der Waals surface area contributed by atoms with Crippen molar-refractivity contribution < 1.29 is 67.9 Å². The number of nitrogens with one attached hydrogen (secondary N) is 1. The first-order valence-corrected chi connectivity index (χ1v) is 9.50. The van der Waals surface area contributed by atoms with Crippen LogP contribution < -0.4 is 40.6 Å². The maximum atomic E-state index is 12.4. The van der Waals surface area contributed by atoms with Crippen LogP contribution in [0.4, 0.5) is 5.13 Å². The van der Waals surface area contributed by atoms with Gasteiger partial charge in [-0.25, -0.2) is 9.78 Å². The number of hydrogen-bond donors (Lipinski definition) is 3. The van der Waals surface area contributed by atoms with E-state index in [0.29, 0.717) is 0 Å². The Balaban J connectivity index is 0.00000392. The number of anilines is 1. The Labute approximate surface area is 186 Å². The summed E-state index contributed by atoms with van der Waals surface area (Å²) in [6, 6.07) is -3.36. The molecule has 0 bridgehead atoms. The molecule has 1 aromatic rings. The van der Waals surface area contributed by atoms with Crippen molar-refractivity contribution in [1.82, 2.24) is 14.6 Å². The van der Waals surface area contributed by atoms with Crippen LogP contribution in [0.15, 0.2) is 10.5 Å². The van der Waals surface area contributed by atoms with Gasteiger partial charge in [-0.2, -0.15) is 12.7 Å². The topological polar surface area (TPSA) is 191 Å². The summed E-state index contributed by atoms with van der Waals surface area (Å²) in [5.74, 6) is -3.33. The number of amides is 2. The van der Waals surface area contributed by atoms with Crippen LogP contribution >= 0.6 is 11.3 Å². The fourth-order valence-corrected chi connectivity index (χ4v) is 3.61. The summed E-state index contributed by atoms with van der Waals surface area (Å²) in [6.07, 6.45) is 0. The maximum Gasteiger partial charge on any atom is 1.00 e. The van der Waals surface area contributed by atoms with E-state index < -0.39 is 40.2 Å². The van der Waals surface area contributed by atoms with Crippen LogP contribution in [0.3, 0.4) is 0 Å². The molecular weight excluding hydrogens is 429 g/mol. The van der Waals surface area contributed by atoms with Gasteiger partial charge in [-0.3, -0.25) is 14.1 Å². The van der Waals surface area contributed by atoms with Gasteiger partial charge in [0, 0.05) is 5.38 Å². The zero-order chi connectivity index (χ0) is 20.4. The third kappa shape index (κ3) is 4.98. The van der Waals surface area contributed by atoms with Gasteiger partial charge in [0.05, 0.1) is 6.61 Å². The van der Waals surface area contributed by atoms with Gasteiger partial charge in [-0.15, -0.1) is 11.3 Å². The fourth-order valence-electron chi connectivity index (χ4n) is 2.22. The molecule has 1 fully saturated rings. The molecule has 13 nitrogen and oxygen atoms in total. The van der Waals surface area contributed by atoms with Crippen molar-refractivity contribution >= 4 is 50.3 Å². The molecule has 2 amide bonds. The smallest absolute Gasteiger partial charge is 1.00 e. The van der Waals surface area contributed by atoms with Gasteiger partial charge in [0.1, 0.15) is 18.8 Å². The summed E-state index contributed by atoms with van der Waals surface area (Å²) in [6.45, 7) is 1.34. The molecule has 1 aliphatic rings. The molecule has 0 radical (unpaired) electrons. The van der Waals surface area contributed by atoms with Crippen molar-refractivity contribution in [2.45, 2.75) is 19.0 Å². The van der Waals surface area contributed by atoms with Crippen LogP contribution in [-0.2, 0) is 34.3 Å². The van der Waals surface area contributed by atoms with Crippen LogP contribution in [0.25, 0.3) is 0 Å². The van der Waals surface area contributed by atoms with E-state index in [1.54, 1.807) is 0 Å². The number of hydrogen-bond acceptors (Lipinski definition) is 11. The number of aromatic nitrogens is 1. The Kier molecular flexibility index (Phi) is 8.33. The van der Waals surface area contributed by atoms with Crippen molar-refractivity contribution in [3.8, 4) is 0 Å². The standard InChI is InChI=1S/C12H15N5O8S2.Na.H/c1-3-25-11(20)8-7(10(19)17(8)27(21,22)23)15-9(18)6(16-24-2)5-4-26-12(13)14-5;;/h4,7-8H,3H2,1-2H3,(H2,13,14)(H,15,18)(H,21,22,23);;/q;+1;-1/b16-6-;;. The minimum atomic E-state index is -5.03. The van der Waals surface area contributed by atoms with Crippen LogP contribution in [0, 0.1) is 0 Å². The van der Waals surface area contributed by atoms with E-state index >= 15 is 0 Å². The quantitative estimate of drug-likeness (QED) is 0.0917. The Morgan fingerprint density at radius 2 is 2.18 bits per heavy atom. The predicted octanol–water partition coefficient (Wildman–Crippen LogP) is -4.75. The maximum absolute atomic E-state index is 12.4. The molecule has 4 N–H and O–H groups in total. The number of carbonyl (C=O) groups excluding carboxylic acids is 3. The Morgan fingerprint density at radius 3 is 2.64 bits per heavy atom. The van der Waals surface area contributed by atoms with Crippen molar-refractivity contribution in [1.29, 1.82) is 0 Å². The van der Waals surface area contributed by atoms with Crippen molar-refractivity contribution in [3.05, 3.63) is 11.1 Å². The molecule has 2 rings (SSSR count). The summed E-state index contributed by atoms with van der Waals surface area (Å²) < 4.78 is 36.3. The van der Waals surface area contributed by atoms with Gasteiger partial charge in [-0.05, 0) is 6.92 Å². The van der Waals surface area contributed by atoms with Gasteiger partial charge in [0.25, 0.3) is 11.8 Å². The minimum Gasteiger partial charge on any atom is -1.00 e. The van der Waals surface area contributed by atoms with Gasteiger partial charge < -0.3 is 22.1 Å². The van der Waals surface area contributed by atoms with E-state index in [9.17, 15) is 22.8 Å². The number of nitrogens with two attached hydrogens (primary N) is 1. The SMILES string of the molecule is CCOC(=O)C1C(NC(=O)/C(=N\OC)c2csc(N)n2)C(=O)N1S(=O)(=O)O.[H-].[Na+]. The molecule has 2 heterocycles. The molecule has 150 valence electrons. The predicted molar refractivity (Wildman–Crippen MR) is 91.9 cm³/mol. The molecule has 16 heteroatoms. The first kappa shape index (κ1) is 24.3.